The molecule has 9 heteroatoms. The molecule has 2 rings (SSSR count). The zero-order chi connectivity index (χ0) is 23.7. The Morgan fingerprint density at radius 3 is 2.50 bits per heavy atom. The SMILES string of the molecule is C=CCN1C(=O)/C(=[N+](\[O-])C(/C=C/C(=O)OCC)C/C=C/C(=O)OCC)c2cccc(Cl)c21. The van der Waals surface area contributed by atoms with E-state index < -0.39 is 23.9 Å². The Kier molecular flexibility index (Phi) is 9.22. The highest BCUT2D eigenvalue weighted by molar-refractivity contribution is 6.54. The molecule has 0 spiro atoms. The molecule has 0 bridgehead atoms. The zero-order valence-corrected chi connectivity index (χ0v) is 18.7. The molecule has 1 aliphatic heterocycles. The van der Waals surface area contributed by atoms with Gasteiger partial charge in [-0.3, -0.25) is 9.69 Å². The lowest BCUT2D eigenvalue weighted by atomic mass is 10.1. The van der Waals surface area contributed by atoms with E-state index in [1.54, 1.807) is 32.0 Å². The second-order valence-electron chi connectivity index (χ2n) is 6.58. The number of hydroxylamine groups is 1. The summed E-state index contributed by atoms with van der Waals surface area (Å²) < 4.78 is 10.2. The van der Waals surface area contributed by atoms with Gasteiger partial charge in [0.05, 0.1) is 29.5 Å². The molecular formula is C23H25ClN2O6. The van der Waals surface area contributed by atoms with Crippen LogP contribution in [-0.4, -0.2) is 54.1 Å². The highest BCUT2D eigenvalue weighted by atomic mass is 35.5. The van der Waals surface area contributed by atoms with Gasteiger partial charge in [0, 0.05) is 25.1 Å². The summed E-state index contributed by atoms with van der Waals surface area (Å²) in [6.45, 7) is 7.54. The number of rotatable bonds is 10. The van der Waals surface area contributed by atoms with Crippen LogP contribution in [0.2, 0.25) is 5.02 Å². The summed E-state index contributed by atoms with van der Waals surface area (Å²) in [5, 5.41) is 13.7. The number of ether oxygens (including phenoxy) is 2. The molecule has 0 aromatic heterocycles. The van der Waals surface area contributed by atoms with Gasteiger partial charge in [-0.15, -0.1) is 6.58 Å². The lowest BCUT2D eigenvalue weighted by Gasteiger charge is -2.15. The molecule has 1 aliphatic rings. The van der Waals surface area contributed by atoms with Gasteiger partial charge >= 0.3 is 17.8 Å². The van der Waals surface area contributed by atoms with Crippen molar-refractivity contribution in [2.24, 2.45) is 0 Å². The number of esters is 2. The smallest absolute Gasteiger partial charge is 0.330 e. The Balaban J connectivity index is 2.50. The van der Waals surface area contributed by atoms with E-state index in [0.29, 0.717) is 21.0 Å². The van der Waals surface area contributed by atoms with E-state index in [1.807, 2.05) is 0 Å². The van der Waals surface area contributed by atoms with Crippen molar-refractivity contribution in [2.45, 2.75) is 26.3 Å². The van der Waals surface area contributed by atoms with Crippen LogP contribution in [0.3, 0.4) is 0 Å². The minimum absolute atomic E-state index is 0.0341. The standard InChI is InChI=1S/C23H25ClN2O6/c1-4-15-25-21-17(10-8-11-18(21)24)22(23(25)29)26(30)16(13-14-20(28)32-6-3)9-7-12-19(27)31-5-2/h4,7-8,10-14,16H,1,5-6,9,15H2,2-3H3/b12-7+,14-13+,26-22-. The maximum Gasteiger partial charge on any atom is 0.330 e. The van der Waals surface area contributed by atoms with Crippen molar-refractivity contribution >= 4 is 40.8 Å². The molecule has 1 aromatic carbocycles. The molecule has 0 saturated heterocycles. The van der Waals surface area contributed by atoms with Crippen LogP contribution in [0.15, 0.2) is 55.2 Å². The lowest BCUT2D eigenvalue weighted by Crippen LogP contribution is -2.36. The topological polar surface area (TPSA) is 99.0 Å². The Labute approximate surface area is 191 Å². The first kappa shape index (κ1) is 24.9. The van der Waals surface area contributed by atoms with Crippen molar-refractivity contribution in [3.8, 4) is 0 Å². The van der Waals surface area contributed by atoms with E-state index in [-0.39, 0.29) is 31.9 Å². The summed E-state index contributed by atoms with van der Waals surface area (Å²) in [7, 11) is 0. The molecule has 170 valence electrons. The van der Waals surface area contributed by atoms with Gasteiger partial charge in [0.15, 0.2) is 6.04 Å². The number of benzene rings is 1. The number of nitrogens with zero attached hydrogens (tertiary/aromatic N) is 2. The number of para-hydroxylation sites is 1. The molecule has 0 aliphatic carbocycles. The predicted molar refractivity (Wildman–Crippen MR) is 122 cm³/mol. The number of halogens is 1. The molecule has 1 heterocycles. The lowest BCUT2D eigenvalue weighted by molar-refractivity contribution is -0.485. The van der Waals surface area contributed by atoms with Crippen LogP contribution in [0.1, 0.15) is 25.8 Å². The summed E-state index contributed by atoms with van der Waals surface area (Å²) in [5.41, 5.74) is 0.681. The van der Waals surface area contributed by atoms with Gasteiger partial charge in [0.2, 0.25) is 0 Å². The minimum atomic E-state index is -0.973. The number of carbonyl (C=O) groups is 3. The van der Waals surface area contributed by atoms with Crippen molar-refractivity contribution in [2.75, 3.05) is 24.7 Å². The first-order chi connectivity index (χ1) is 15.3. The van der Waals surface area contributed by atoms with Gasteiger partial charge in [0.1, 0.15) is 0 Å². The van der Waals surface area contributed by atoms with Gasteiger partial charge in [-0.25, -0.2) is 9.59 Å². The van der Waals surface area contributed by atoms with Crippen LogP contribution in [-0.2, 0) is 23.9 Å². The first-order valence-corrected chi connectivity index (χ1v) is 10.5. The van der Waals surface area contributed by atoms with E-state index in [2.05, 4.69) is 6.58 Å². The van der Waals surface area contributed by atoms with Crippen molar-refractivity contribution < 1.29 is 28.6 Å². The van der Waals surface area contributed by atoms with Crippen LogP contribution in [0.25, 0.3) is 0 Å². The maximum atomic E-state index is 13.4. The van der Waals surface area contributed by atoms with E-state index in [4.69, 9.17) is 21.1 Å². The van der Waals surface area contributed by atoms with Crippen LogP contribution >= 0.6 is 11.6 Å². The average molecular weight is 461 g/mol. The van der Waals surface area contributed by atoms with E-state index in [1.165, 1.54) is 29.2 Å². The second kappa shape index (κ2) is 11.9. The van der Waals surface area contributed by atoms with Gasteiger partial charge in [-0.2, -0.15) is 4.74 Å². The highest BCUT2D eigenvalue weighted by Crippen LogP contribution is 2.36. The van der Waals surface area contributed by atoms with Crippen LogP contribution in [0, 0.1) is 5.21 Å². The molecule has 1 amide bonds. The predicted octanol–water partition coefficient (Wildman–Crippen LogP) is 3.17. The van der Waals surface area contributed by atoms with Crippen LogP contribution in [0.5, 0.6) is 0 Å². The van der Waals surface area contributed by atoms with Crippen molar-refractivity contribution in [3.05, 3.63) is 71.0 Å². The van der Waals surface area contributed by atoms with Gasteiger partial charge in [-0.1, -0.05) is 29.8 Å². The Morgan fingerprint density at radius 2 is 1.88 bits per heavy atom. The summed E-state index contributed by atoms with van der Waals surface area (Å²) in [4.78, 5) is 37.8. The van der Waals surface area contributed by atoms with E-state index in [9.17, 15) is 19.6 Å². The average Bonchev–Trinajstić information content (AvgIpc) is 3.03. The number of fused-ring (bicyclic) bond motifs is 1. The van der Waals surface area contributed by atoms with E-state index >= 15 is 0 Å². The number of hydrogen-bond acceptors (Lipinski definition) is 6. The highest BCUT2D eigenvalue weighted by Gasteiger charge is 2.41. The zero-order valence-electron chi connectivity index (χ0n) is 18.0. The fourth-order valence-corrected chi connectivity index (χ4v) is 3.41. The number of amides is 1. The van der Waals surface area contributed by atoms with Crippen LogP contribution in [0.4, 0.5) is 5.69 Å². The fourth-order valence-electron chi connectivity index (χ4n) is 3.13. The third-order valence-electron chi connectivity index (χ3n) is 4.45. The van der Waals surface area contributed by atoms with Crippen molar-refractivity contribution in [3.63, 3.8) is 0 Å². The van der Waals surface area contributed by atoms with Crippen molar-refractivity contribution in [1.29, 1.82) is 0 Å². The Hall–Kier alpha value is -3.39. The normalized spacial score (nSPS) is 15.7. The molecule has 32 heavy (non-hydrogen) atoms. The quantitative estimate of drug-likeness (QED) is 0.133. The monoisotopic (exact) mass is 460 g/mol. The molecule has 0 radical (unpaired) electrons. The fraction of sp³-hybridized carbons (Fsp3) is 0.304. The van der Waals surface area contributed by atoms with Crippen LogP contribution < -0.4 is 4.90 Å². The summed E-state index contributed by atoms with van der Waals surface area (Å²) in [6, 6.07) is 3.93. The molecule has 1 aromatic rings. The van der Waals surface area contributed by atoms with E-state index in [0.717, 1.165) is 6.08 Å². The van der Waals surface area contributed by atoms with Gasteiger partial charge in [0.25, 0.3) is 5.71 Å². The van der Waals surface area contributed by atoms with Gasteiger partial charge in [-0.05, 0) is 32.1 Å². The Morgan fingerprint density at radius 1 is 1.22 bits per heavy atom. The molecule has 0 saturated carbocycles. The molecular weight excluding hydrogens is 436 g/mol. The van der Waals surface area contributed by atoms with Gasteiger partial charge < -0.3 is 14.7 Å². The third-order valence-corrected chi connectivity index (χ3v) is 4.76. The summed E-state index contributed by atoms with van der Waals surface area (Å²) >= 11 is 6.30. The number of carbonyl (C=O) groups excluding carboxylic acids is 3. The summed E-state index contributed by atoms with van der Waals surface area (Å²) in [6.07, 6.45) is 6.66. The Bertz CT molecular complexity index is 983. The third kappa shape index (κ3) is 5.85. The molecule has 1 unspecified atom stereocenters. The number of anilines is 1. The maximum absolute atomic E-state index is 13.4. The molecule has 8 nitrogen and oxygen atoms in total. The molecule has 0 N–H and O–H groups in total. The largest absolute Gasteiger partial charge is 0.623 e. The molecule has 1 atom stereocenters. The second-order valence-corrected chi connectivity index (χ2v) is 6.99. The first-order valence-electron chi connectivity index (χ1n) is 10.1. The number of hydrogen-bond donors (Lipinski definition) is 0. The van der Waals surface area contributed by atoms with Crippen molar-refractivity contribution in [1.82, 2.24) is 0 Å². The minimum Gasteiger partial charge on any atom is -0.623 e. The molecule has 0 fully saturated rings. The summed E-state index contributed by atoms with van der Waals surface area (Å²) in [5.74, 6) is -1.72.